The molecule has 1 aliphatic rings. The summed E-state index contributed by atoms with van der Waals surface area (Å²) in [5, 5.41) is 19.4. The van der Waals surface area contributed by atoms with Gasteiger partial charge in [-0.2, -0.15) is 10.2 Å². The number of carbonyl (C=O) groups is 1. The minimum Gasteiger partial charge on any atom is -0.388 e. The summed E-state index contributed by atoms with van der Waals surface area (Å²) in [4.78, 5) is 31.6. The number of aromatic nitrogens is 6. The maximum atomic E-state index is 13.6. The van der Waals surface area contributed by atoms with Gasteiger partial charge in [0.2, 0.25) is 5.91 Å². The lowest BCUT2D eigenvalue weighted by atomic mass is 9.91. The number of carbonyl (C=O) groups excluding carboxylic acids is 1. The van der Waals surface area contributed by atoms with Gasteiger partial charge in [-0.15, -0.1) is 0 Å². The van der Waals surface area contributed by atoms with Crippen LogP contribution in [0.3, 0.4) is 0 Å². The first-order valence-corrected chi connectivity index (χ1v) is 12.2. The Bertz CT molecular complexity index is 1510. The Hall–Kier alpha value is -3.71. The van der Waals surface area contributed by atoms with Crippen molar-refractivity contribution in [3.05, 3.63) is 70.4 Å². The molecular weight excluding hydrogens is 527 g/mol. The molecular formula is C24H23ClF3N7O3. The zero-order chi connectivity index (χ0) is 27.0. The normalized spacial score (nSPS) is 16.3. The third-order valence-corrected chi connectivity index (χ3v) is 6.93. The van der Waals surface area contributed by atoms with Gasteiger partial charge in [0.15, 0.2) is 10.8 Å². The average Bonchev–Trinajstić information content (AvgIpc) is 3.51. The minimum atomic E-state index is -2.82. The summed E-state index contributed by atoms with van der Waals surface area (Å²) < 4.78 is 44.1. The maximum absolute atomic E-state index is 13.6. The third-order valence-electron chi connectivity index (χ3n) is 6.73. The fraction of sp³-hybridized carbons (Fsp3) is 0.375. The van der Waals surface area contributed by atoms with Crippen molar-refractivity contribution >= 4 is 28.5 Å². The molecule has 1 aliphatic heterocycles. The molecule has 5 rings (SSSR count). The van der Waals surface area contributed by atoms with Gasteiger partial charge >= 0.3 is 0 Å². The standard InChI is InChI=1S/C24H23ClF3N7O3/c25-19-5-8-34(31-19)18(21(27)28)11-20(36)32-9-6-24(38,7-10-32)13-33-14-29-22-17(23(33)37)12-30-35(22)16-3-1-15(26)2-4-16/h1-5,8,12,14,18,21,38H,6-7,9-11,13H2/t18-/m1/s1. The van der Waals surface area contributed by atoms with E-state index in [1.165, 1.54) is 63.2 Å². The van der Waals surface area contributed by atoms with Gasteiger partial charge in [0.25, 0.3) is 12.0 Å². The van der Waals surface area contributed by atoms with E-state index in [1.54, 1.807) is 0 Å². The van der Waals surface area contributed by atoms with Crippen LogP contribution in [0.25, 0.3) is 16.7 Å². The number of alkyl halides is 2. The Morgan fingerprint density at radius 3 is 2.50 bits per heavy atom. The van der Waals surface area contributed by atoms with Gasteiger partial charge in [-0.3, -0.25) is 18.8 Å². The van der Waals surface area contributed by atoms with Crippen LogP contribution in [-0.4, -0.2) is 70.1 Å². The lowest BCUT2D eigenvalue weighted by molar-refractivity contribution is -0.138. The number of piperidine rings is 1. The predicted molar refractivity (Wildman–Crippen MR) is 131 cm³/mol. The van der Waals surface area contributed by atoms with Gasteiger partial charge in [-0.05, 0) is 43.2 Å². The molecule has 0 saturated carbocycles. The van der Waals surface area contributed by atoms with Crippen molar-refractivity contribution in [1.82, 2.24) is 34.0 Å². The zero-order valence-corrected chi connectivity index (χ0v) is 20.7. The molecule has 1 fully saturated rings. The summed E-state index contributed by atoms with van der Waals surface area (Å²) in [5.41, 5.74) is -0.891. The molecule has 1 amide bonds. The monoisotopic (exact) mass is 549 g/mol. The quantitative estimate of drug-likeness (QED) is 0.379. The molecule has 1 aromatic carbocycles. The highest BCUT2D eigenvalue weighted by molar-refractivity contribution is 6.29. The molecule has 0 spiro atoms. The summed E-state index contributed by atoms with van der Waals surface area (Å²) in [6, 6.07) is 5.49. The van der Waals surface area contributed by atoms with Crippen LogP contribution in [0.1, 0.15) is 25.3 Å². The van der Waals surface area contributed by atoms with E-state index in [4.69, 9.17) is 11.6 Å². The summed E-state index contributed by atoms with van der Waals surface area (Å²) in [5.74, 6) is -0.893. The Morgan fingerprint density at radius 2 is 1.87 bits per heavy atom. The number of likely N-dealkylation sites (tertiary alicyclic amines) is 1. The van der Waals surface area contributed by atoms with Gasteiger partial charge in [0, 0.05) is 19.3 Å². The second kappa shape index (κ2) is 10.2. The first-order chi connectivity index (χ1) is 18.1. The number of hydrogen-bond acceptors (Lipinski definition) is 6. The molecule has 4 heterocycles. The van der Waals surface area contributed by atoms with Crippen molar-refractivity contribution < 1.29 is 23.1 Å². The van der Waals surface area contributed by atoms with E-state index >= 15 is 0 Å². The molecule has 1 atom stereocenters. The van der Waals surface area contributed by atoms with Crippen molar-refractivity contribution in [3.63, 3.8) is 0 Å². The highest BCUT2D eigenvalue weighted by Gasteiger charge is 2.36. The molecule has 0 bridgehead atoms. The highest BCUT2D eigenvalue weighted by atomic mass is 35.5. The van der Waals surface area contributed by atoms with E-state index in [9.17, 15) is 27.9 Å². The fourth-order valence-corrected chi connectivity index (χ4v) is 4.73. The number of rotatable bonds is 7. The molecule has 38 heavy (non-hydrogen) atoms. The van der Waals surface area contributed by atoms with Crippen LogP contribution in [0.4, 0.5) is 13.2 Å². The number of halogens is 4. The fourth-order valence-electron chi connectivity index (χ4n) is 4.59. The number of nitrogens with zero attached hydrogens (tertiary/aromatic N) is 7. The van der Waals surface area contributed by atoms with E-state index in [-0.39, 0.29) is 48.7 Å². The predicted octanol–water partition coefficient (Wildman–Crippen LogP) is 2.82. The third kappa shape index (κ3) is 5.16. The zero-order valence-electron chi connectivity index (χ0n) is 19.9. The summed E-state index contributed by atoms with van der Waals surface area (Å²) in [7, 11) is 0. The van der Waals surface area contributed by atoms with E-state index in [0.29, 0.717) is 5.69 Å². The van der Waals surface area contributed by atoms with Crippen LogP contribution in [0, 0.1) is 5.82 Å². The van der Waals surface area contributed by atoms with Crippen molar-refractivity contribution in [2.45, 2.75) is 43.9 Å². The molecule has 14 heteroatoms. The number of benzene rings is 1. The Kier molecular flexibility index (Phi) is 6.97. The summed E-state index contributed by atoms with van der Waals surface area (Å²) in [6.07, 6.45) is 0.973. The smallest absolute Gasteiger partial charge is 0.264 e. The molecule has 0 radical (unpaired) electrons. The van der Waals surface area contributed by atoms with Gasteiger partial charge in [0.05, 0.1) is 30.5 Å². The summed E-state index contributed by atoms with van der Waals surface area (Å²) in [6.45, 7) is 0.208. The van der Waals surface area contributed by atoms with Crippen molar-refractivity contribution in [1.29, 1.82) is 0 Å². The van der Waals surface area contributed by atoms with Crippen LogP contribution >= 0.6 is 11.6 Å². The Balaban J connectivity index is 1.25. The molecule has 0 unspecified atom stereocenters. The Labute approximate surface area is 218 Å². The maximum Gasteiger partial charge on any atom is 0.264 e. The summed E-state index contributed by atoms with van der Waals surface area (Å²) >= 11 is 5.72. The molecule has 10 nitrogen and oxygen atoms in total. The van der Waals surface area contributed by atoms with Gasteiger partial charge in [-0.1, -0.05) is 11.6 Å². The van der Waals surface area contributed by atoms with Crippen LogP contribution < -0.4 is 5.56 Å². The van der Waals surface area contributed by atoms with Gasteiger partial charge in [-0.25, -0.2) is 22.8 Å². The van der Waals surface area contributed by atoms with E-state index in [0.717, 1.165) is 4.68 Å². The Morgan fingerprint density at radius 1 is 1.16 bits per heavy atom. The minimum absolute atomic E-state index is 0.0526. The molecule has 4 aromatic rings. The van der Waals surface area contributed by atoms with Gasteiger partial charge in [0.1, 0.15) is 23.6 Å². The van der Waals surface area contributed by atoms with Crippen LogP contribution in [0.2, 0.25) is 5.15 Å². The molecule has 1 N–H and O–H groups in total. The molecule has 0 aliphatic carbocycles. The highest BCUT2D eigenvalue weighted by Crippen LogP contribution is 2.27. The van der Waals surface area contributed by atoms with Crippen LogP contribution in [0.15, 0.2) is 53.8 Å². The van der Waals surface area contributed by atoms with Gasteiger partial charge < -0.3 is 10.0 Å². The number of amides is 1. The van der Waals surface area contributed by atoms with Crippen LogP contribution in [-0.2, 0) is 11.3 Å². The molecule has 1 saturated heterocycles. The second-order valence-corrected chi connectivity index (χ2v) is 9.66. The average molecular weight is 550 g/mol. The number of aliphatic hydroxyl groups is 1. The van der Waals surface area contributed by atoms with Crippen LogP contribution in [0.5, 0.6) is 0 Å². The first-order valence-electron chi connectivity index (χ1n) is 11.8. The van der Waals surface area contributed by atoms with Crippen molar-refractivity contribution in [2.24, 2.45) is 0 Å². The van der Waals surface area contributed by atoms with Crippen molar-refractivity contribution in [2.75, 3.05) is 13.1 Å². The second-order valence-electron chi connectivity index (χ2n) is 9.28. The topological polar surface area (TPSA) is 111 Å². The van der Waals surface area contributed by atoms with E-state index < -0.39 is 41.8 Å². The largest absolute Gasteiger partial charge is 0.388 e. The molecule has 3 aromatic heterocycles. The lowest BCUT2D eigenvalue weighted by Gasteiger charge is -2.38. The lowest BCUT2D eigenvalue weighted by Crippen LogP contribution is -2.50. The first kappa shape index (κ1) is 25.9. The van der Waals surface area contributed by atoms with E-state index in [2.05, 4.69) is 15.2 Å². The number of fused-ring (bicyclic) bond motifs is 1. The SMILES string of the molecule is O=C(C[C@H](C(F)F)n1ccc(Cl)n1)N1CCC(O)(Cn2cnc3c(cnn3-c3ccc(F)cc3)c2=O)CC1. The van der Waals surface area contributed by atoms with E-state index in [1.807, 2.05) is 0 Å². The molecule has 200 valence electrons. The van der Waals surface area contributed by atoms with Crippen molar-refractivity contribution in [3.8, 4) is 5.69 Å². The number of hydrogen-bond donors (Lipinski definition) is 1.